The van der Waals surface area contributed by atoms with Crippen LogP contribution in [0.15, 0.2) is 35.4 Å². The van der Waals surface area contributed by atoms with Crippen molar-refractivity contribution < 1.29 is 0 Å². The maximum Gasteiger partial charge on any atom is 0.142 e. The summed E-state index contributed by atoms with van der Waals surface area (Å²) in [5, 5.41) is 18.6. The number of nitrogens with zero attached hydrogens (tertiary/aromatic N) is 3. The average Bonchev–Trinajstić information content (AvgIpc) is 2.46. The number of anilines is 1. The van der Waals surface area contributed by atoms with Crippen LogP contribution in [0.25, 0.3) is 0 Å². The summed E-state index contributed by atoms with van der Waals surface area (Å²) in [4.78, 5) is 4.16. The number of benzene rings is 1. The zero-order valence-corrected chi connectivity index (χ0v) is 11.7. The zero-order chi connectivity index (χ0) is 14.5. The number of aryl methyl sites for hydroxylation is 1. The highest BCUT2D eigenvalue weighted by Crippen LogP contribution is 2.27. The Morgan fingerprint density at radius 2 is 1.90 bits per heavy atom. The van der Waals surface area contributed by atoms with E-state index in [1.165, 1.54) is 29.0 Å². The van der Waals surface area contributed by atoms with E-state index in [1.54, 1.807) is 0 Å². The molecule has 2 aromatic rings. The van der Waals surface area contributed by atoms with Crippen molar-refractivity contribution in [2.45, 2.75) is 17.7 Å². The number of nitriles is 2. The molecule has 98 valence electrons. The van der Waals surface area contributed by atoms with Crippen LogP contribution in [0.5, 0.6) is 0 Å². The van der Waals surface area contributed by atoms with Crippen molar-refractivity contribution in [3.05, 3.63) is 52.6 Å². The summed E-state index contributed by atoms with van der Waals surface area (Å²) in [5.41, 5.74) is 8.70. The Balaban J connectivity index is 2.27. The third-order valence-electron chi connectivity index (χ3n) is 2.88. The zero-order valence-electron chi connectivity index (χ0n) is 10.9. The Morgan fingerprint density at radius 3 is 2.55 bits per heavy atom. The lowest BCUT2D eigenvalue weighted by Crippen LogP contribution is -1.99. The van der Waals surface area contributed by atoms with Crippen molar-refractivity contribution in [3.63, 3.8) is 0 Å². The molecule has 1 heterocycles. The molecule has 0 unspecified atom stereocenters. The third kappa shape index (κ3) is 2.90. The molecule has 0 saturated carbocycles. The quantitative estimate of drug-likeness (QED) is 0.873. The lowest BCUT2D eigenvalue weighted by atomic mass is 10.1. The molecular weight excluding hydrogens is 268 g/mol. The van der Waals surface area contributed by atoms with Crippen molar-refractivity contribution in [1.82, 2.24) is 4.98 Å². The van der Waals surface area contributed by atoms with Crippen LogP contribution in [-0.4, -0.2) is 4.98 Å². The normalized spacial score (nSPS) is 9.75. The standard InChI is InChI=1S/C15H12N4S/c1-10-4-2-3-5-11(10)9-20-15-13(8-17)6-12(7-16)14(18)19-15/h2-6H,9H2,1H3,(H2,18,19). The number of thioether (sulfide) groups is 1. The molecule has 2 rings (SSSR count). The molecule has 1 aromatic carbocycles. The van der Waals surface area contributed by atoms with E-state index >= 15 is 0 Å². The van der Waals surface area contributed by atoms with Gasteiger partial charge in [0, 0.05) is 5.75 Å². The lowest BCUT2D eigenvalue weighted by Gasteiger charge is -2.07. The highest BCUT2D eigenvalue weighted by molar-refractivity contribution is 7.98. The summed E-state index contributed by atoms with van der Waals surface area (Å²) in [5.74, 6) is 0.874. The number of hydrogen-bond acceptors (Lipinski definition) is 5. The molecule has 0 amide bonds. The van der Waals surface area contributed by atoms with E-state index < -0.39 is 0 Å². The molecule has 0 aliphatic heterocycles. The SMILES string of the molecule is Cc1ccccc1CSc1nc(N)c(C#N)cc1C#N. The Morgan fingerprint density at radius 1 is 1.20 bits per heavy atom. The molecular formula is C15H12N4S. The molecule has 0 atom stereocenters. The molecule has 0 radical (unpaired) electrons. The van der Waals surface area contributed by atoms with Crippen LogP contribution in [0.4, 0.5) is 5.82 Å². The van der Waals surface area contributed by atoms with Gasteiger partial charge in [0.05, 0.1) is 11.1 Å². The molecule has 0 saturated heterocycles. The first-order valence-corrected chi connectivity index (χ1v) is 6.92. The predicted molar refractivity (Wildman–Crippen MR) is 78.8 cm³/mol. The third-order valence-corrected chi connectivity index (χ3v) is 3.92. The van der Waals surface area contributed by atoms with Gasteiger partial charge in [0.15, 0.2) is 0 Å². The largest absolute Gasteiger partial charge is 0.383 e. The van der Waals surface area contributed by atoms with E-state index in [0.717, 1.165) is 0 Å². The molecule has 4 nitrogen and oxygen atoms in total. The Hall–Kier alpha value is -2.50. The fraction of sp³-hybridized carbons (Fsp3) is 0.133. The van der Waals surface area contributed by atoms with Crippen LogP contribution in [0, 0.1) is 29.6 Å². The minimum Gasteiger partial charge on any atom is -0.383 e. The van der Waals surface area contributed by atoms with Crippen molar-refractivity contribution in [2.24, 2.45) is 0 Å². The Bertz CT molecular complexity index is 726. The van der Waals surface area contributed by atoms with E-state index in [2.05, 4.69) is 11.1 Å². The molecule has 1 aromatic heterocycles. The van der Waals surface area contributed by atoms with Crippen LogP contribution in [0.2, 0.25) is 0 Å². The first-order valence-electron chi connectivity index (χ1n) is 5.93. The predicted octanol–water partition coefficient (Wildman–Crippen LogP) is 3.01. The van der Waals surface area contributed by atoms with Gasteiger partial charge in [-0.3, -0.25) is 0 Å². The second-order valence-electron chi connectivity index (χ2n) is 4.21. The van der Waals surface area contributed by atoms with Gasteiger partial charge in [0.2, 0.25) is 0 Å². The number of pyridine rings is 1. The molecule has 0 spiro atoms. The number of rotatable bonds is 3. The molecule has 0 fully saturated rings. The fourth-order valence-electron chi connectivity index (χ4n) is 1.71. The van der Waals surface area contributed by atoms with Crippen LogP contribution >= 0.6 is 11.8 Å². The van der Waals surface area contributed by atoms with Gasteiger partial charge in [0.25, 0.3) is 0 Å². The van der Waals surface area contributed by atoms with E-state index in [0.29, 0.717) is 16.3 Å². The topological polar surface area (TPSA) is 86.5 Å². The summed E-state index contributed by atoms with van der Waals surface area (Å²) in [6, 6.07) is 13.5. The molecule has 0 aliphatic carbocycles. The van der Waals surface area contributed by atoms with Crippen LogP contribution < -0.4 is 5.73 Å². The average molecular weight is 280 g/mol. The summed E-state index contributed by atoms with van der Waals surface area (Å²) in [7, 11) is 0. The van der Waals surface area contributed by atoms with Crippen molar-refractivity contribution in [2.75, 3.05) is 5.73 Å². The van der Waals surface area contributed by atoms with Crippen LogP contribution in [-0.2, 0) is 5.75 Å². The van der Waals surface area contributed by atoms with Gasteiger partial charge in [-0.15, -0.1) is 11.8 Å². The summed E-state index contributed by atoms with van der Waals surface area (Å²) >= 11 is 1.45. The molecule has 0 aliphatic rings. The van der Waals surface area contributed by atoms with Gasteiger partial charge in [0.1, 0.15) is 23.0 Å². The smallest absolute Gasteiger partial charge is 0.142 e. The highest BCUT2D eigenvalue weighted by atomic mass is 32.2. The first-order chi connectivity index (χ1) is 9.65. The molecule has 2 N–H and O–H groups in total. The summed E-state index contributed by atoms with van der Waals surface area (Å²) in [6.07, 6.45) is 0. The minimum atomic E-state index is 0.166. The molecule has 5 heteroatoms. The van der Waals surface area contributed by atoms with Gasteiger partial charge in [-0.05, 0) is 24.1 Å². The lowest BCUT2D eigenvalue weighted by molar-refractivity contribution is 1.11. The van der Waals surface area contributed by atoms with Crippen molar-refractivity contribution >= 4 is 17.6 Å². The van der Waals surface area contributed by atoms with E-state index in [1.807, 2.05) is 37.3 Å². The van der Waals surface area contributed by atoms with Gasteiger partial charge in [-0.25, -0.2) is 4.98 Å². The number of nitrogen functional groups attached to an aromatic ring is 1. The van der Waals surface area contributed by atoms with Gasteiger partial charge in [-0.2, -0.15) is 10.5 Å². The second-order valence-corrected chi connectivity index (χ2v) is 5.18. The summed E-state index contributed by atoms with van der Waals surface area (Å²) in [6.45, 7) is 2.04. The number of nitrogens with two attached hydrogens (primary N) is 1. The fourth-order valence-corrected chi connectivity index (χ4v) is 2.75. The van der Waals surface area contributed by atoms with Gasteiger partial charge in [-0.1, -0.05) is 24.3 Å². The molecule has 0 bridgehead atoms. The summed E-state index contributed by atoms with van der Waals surface area (Å²) < 4.78 is 0. The van der Waals surface area contributed by atoms with E-state index in [9.17, 15) is 0 Å². The van der Waals surface area contributed by atoms with E-state index in [4.69, 9.17) is 16.3 Å². The second kappa shape index (κ2) is 6.10. The Labute approximate surface area is 121 Å². The maximum absolute atomic E-state index is 9.13. The molecule has 20 heavy (non-hydrogen) atoms. The first kappa shape index (κ1) is 13.9. The number of hydrogen-bond donors (Lipinski definition) is 1. The van der Waals surface area contributed by atoms with Crippen LogP contribution in [0.1, 0.15) is 22.3 Å². The Kier molecular flexibility index (Phi) is 4.24. The van der Waals surface area contributed by atoms with Crippen molar-refractivity contribution in [1.29, 1.82) is 10.5 Å². The van der Waals surface area contributed by atoms with Gasteiger partial charge >= 0.3 is 0 Å². The van der Waals surface area contributed by atoms with E-state index in [-0.39, 0.29) is 11.4 Å². The van der Waals surface area contributed by atoms with Gasteiger partial charge < -0.3 is 5.73 Å². The maximum atomic E-state index is 9.13. The van der Waals surface area contributed by atoms with Crippen LogP contribution in [0.3, 0.4) is 0 Å². The number of aromatic nitrogens is 1. The highest BCUT2D eigenvalue weighted by Gasteiger charge is 2.10. The minimum absolute atomic E-state index is 0.166. The monoisotopic (exact) mass is 280 g/mol. The van der Waals surface area contributed by atoms with Crippen molar-refractivity contribution in [3.8, 4) is 12.1 Å².